The molecule has 7 heteroatoms. The molecule has 1 amide bonds. The smallest absolute Gasteiger partial charge is 0.349 e. The number of rotatable bonds is 3. The van der Waals surface area contributed by atoms with Crippen molar-refractivity contribution in [3.63, 3.8) is 0 Å². The van der Waals surface area contributed by atoms with Gasteiger partial charge in [-0.3, -0.25) is 10.2 Å². The first-order valence-corrected chi connectivity index (χ1v) is 7.43. The first-order valence-electron chi connectivity index (χ1n) is 7.43. The normalized spacial score (nSPS) is 16.4. The number of methoxy groups -OCH3 is 1. The molecule has 23 heavy (non-hydrogen) atoms. The molecule has 1 N–H and O–H groups in total. The van der Waals surface area contributed by atoms with Crippen LogP contribution in [0.4, 0.5) is 0 Å². The summed E-state index contributed by atoms with van der Waals surface area (Å²) in [5.41, 5.74) is 2.51. The maximum Gasteiger partial charge on any atom is 0.349 e. The Morgan fingerprint density at radius 2 is 1.96 bits per heavy atom. The molecule has 7 nitrogen and oxygen atoms in total. The van der Waals surface area contributed by atoms with Gasteiger partial charge in [-0.25, -0.2) is 9.80 Å². The third-order valence-electron chi connectivity index (χ3n) is 3.95. The van der Waals surface area contributed by atoms with Gasteiger partial charge < -0.3 is 14.1 Å². The Hall–Kier alpha value is -2.38. The quantitative estimate of drug-likeness (QED) is 0.840. The number of fused-ring (bicyclic) bond motifs is 1. The number of hydrogen-bond acceptors (Lipinski definition) is 6. The molecule has 0 radical (unpaired) electrons. The summed E-state index contributed by atoms with van der Waals surface area (Å²) in [5.74, 6) is 0.149. The number of carbonyl (C=O) groups is 1. The van der Waals surface area contributed by atoms with Crippen LogP contribution >= 0.6 is 0 Å². The average molecular weight is 317 g/mol. The van der Waals surface area contributed by atoms with Gasteiger partial charge in [0.15, 0.2) is 0 Å². The van der Waals surface area contributed by atoms with Gasteiger partial charge in [-0.15, -0.1) is 0 Å². The minimum Gasteiger partial charge on any atom is -0.497 e. The van der Waals surface area contributed by atoms with Crippen LogP contribution in [0, 0.1) is 0 Å². The van der Waals surface area contributed by atoms with Gasteiger partial charge in [0.1, 0.15) is 16.9 Å². The van der Waals surface area contributed by atoms with Crippen LogP contribution in [0.3, 0.4) is 0 Å². The maximum atomic E-state index is 12.3. The molecule has 1 aromatic carbocycles. The van der Waals surface area contributed by atoms with Gasteiger partial charge in [-0.2, -0.15) is 0 Å². The van der Waals surface area contributed by atoms with E-state index >= 15 is 0 Å². The number of amides is 1. The van der Waals surface area contributed by atoms with Crippen molar-refractivity contribution in [3.8, 4) is 5.75 Å². The van der Waals surface area contributed by atoms with Crippen LogP contribution in [-0.4, -0.2) is 56.2 Å². The molecule has 2 aromatic rings. The van der Waals surface area contributed by atoms with E-state index in [9.17, 15) is 9.59 Å². The number of likely N-dealkylation sites (N-methyl/N-ethyl adjacent to an activating group) is 1. The molecular formula is C16H19N3O4. The van der Waals surface area contributed by atoms with Crippen LogP contribution in [0.25, 0.3) is 11.0 Å². The maximum absolute atomic E-state index is 12.3. The molecule has 0 saturated carbocycles. The number of benzene rings is 1. The lowest BCUT2D eigenvalue weighted by Crippen LogP contribution is -2.53. The number of ether oxygens (including phenoxy) is 1. The van der Waals surface area contributed by atoms with E-state index in [2.05, 4.69) is 10.3 Å². The van der Waals surface area contributed by atoms with E-state index < -0.39 is 11.5 Å². The molecule has 122 valence electrons. The van der Waals surface area contributed by atoms with Gasteiger partial charge >= 0.3 is 5.63 Å². The predicted molar refractivity (Wildman–Crippen MR) is 85.6 cm³/mol. The van der Waals surface area contributed by atoms with Crippen LogP contribution in [-0.2, 0) is 0 Å². The topological polar surface area (TPSA) is 75.0 Å². The zero-order valence-corrected chi connectivity index (χ0v) is 13.2. The standard InChI is InChI=1S/C16H19N3O4/c1-18-5-7-19(8-6-18)17-15(20)13-9-11-3-4-12(22-2)10-14(11)23-16(13)21/h3-4,9-10H,5-8H2,1-2H3,(H,17,20). The number of nitrogens with zero attached hydrogens (tertiary/aromatic N) is 2. The zero-order chi connectivity index (χ0) is 16.4. The second-order valence-corrected chi connectivity index (χ2v) is 5.58. The Morgan fingerprint density at radius 3 is 2.65 bits per heavy atom. The van der Waals surface area contributed by atoms with Crippen molar-refractivity contribution >= 4 is 16.9 Å². The molecule has 1 aliphatic heterocycles. The second kappa shape index (κ2) is 6.39. The summed E-state index contributed by atoms with van der Waals surface area (Å²) in [6, 6.07) is 6.68. The summed E-state index contributed by atoms with van der Waals surface area (Å²) in [5, 5.41) is 2.49. The molecule has 1 fully saturated rings. The summed E-state index contributed by atoms with van der Waals surface area (Å²) in [6.07, 6.45) is 0. The Bertz CT molecular complexity index is 778. The highest BCUT2D eigenvalue weighted by Gasteiger charge is 2.19. The SMILES string of the molecule is COc1ccc2cc(C(=O)NN3CCN(C)CC3)c(=O)oc2c1. The lowest BCUT2D eigenvalue weighted by atomic mass is 10.1. The molecular weight excluding hydrogens is 298 g/mol. The molecule has 0 unspecified atom stereocenters. The number of carbonyl (C=O) groups excluding carboxylic acids is 1. The van der Waals surface area contributed by atoms with Crippen LogP contribution in [0.5, 0.6) is 5.75 Å². The molecule has 1 aliphatic rings. The average Bonchev–Trinajstić information content (AvgIpc) is 2.55. The molecule has 0 bridgehead atoms. The Labute approximate surface area is 133 Å². The highest BCUT2D eigenvalue weighted by atomic mass is 16.5. The summed E-state index contributed by atoms with van der Waals surface area (Å²) in [6.45, 7) is 3.18. The monoisotopic (exact) mass is 317 g/mol. The predicted octanol–water partition coefficient (Wildman–Crippen LogP) is 0.694. The van der Waals surface area contributed by atoms with Crippen molar-refractivity contribution in [1.29, 1.82) is 0 Å². The molecule has 0 spiro atoms. The minimum atomic E-state index is -0.655. The second-order valence-electron chi connectivity index (χ2n) is 5.58. The fraction of sp³-hybridized carbons (Fsp3) is 0.375. The van der Waals surface area contributed by atoms with Crippen molar-refractivity contribution in [1.82, 2.24) is 15.3 Å². The summed E-state index contributed by atoms with van der Waals surface area (Å²) in [7, 11) is 3.57. The van der Waals surface area contributed by atoms with Gasteiger partial charge in [0, 0.05) is 37.6 Å². The number of piperazine rings is 1. The molecule has 3 rings (SSSR count). The van der Waals surface area contributed by atoms with Crippen molar-refractivity contribution < 1.29 is 13.9 Å². The first kappa shape index (κ1) is 15.5. The third-order valence-corrected chi connectivity index (χ3v) is 3.95. The van der Waals surface area contributed by atoms with Crippen LogP contribution in [0.1, 0.15) is 10.4 Å². The lowest BCUT2D eigenvalue weighted by molar-refractivity contribution is 0.0659. The van der Waals surface area contributed by atoms with Crippen molar-refractivity contribution in [2.75, 3.05) is 40.3 Å². The third kappa shape index (κ3) is 3.35. The van der Waals surface area contributed by atoms with Gasteiger partial charge in [0.25, 0.3) is 5.91 Å². The number of nitrogens with one attached hydrogen (secondary N) is 1. The lowest BCUT2D eigenvalue weighted by Gasteiger charge is -2.32. The highest BCUT2D eigenvalue weighted by Crippen LogP contribution is 2.20. The van der Waals surface area contributed by atoms with E-state index in [1.54, 1.807) is 24.3 Å². The van der Waals surface area contributed by atoms with Crippen LogP contribution < -0.4 is 15.8 Å². The van der Waals surface area contributed by atoms with Crippen LogP contribution in [0.2, 0.25) is 0 Å². The van der Waals surface area contributed by atoms with Crippen molar-refractivity contribution in [2.24, 2.45) is 0 Å². The van der Waals surface area contributed by atoms with Crippen LogP contribution in [0.15, 0.2) is 33.5 Å². The summed E-state index contributed by atoms with van der Waals surface area (Å²) in [4.78, 5) is 26.6. The Balaban J connectivity index is 1.83. The van der Waals surface area contributed by atoms with E-state index in [-0.39, 0.29) is 5.56 Å². The van der Waals surface area contributed by atoms with Crippen molar-refractivity contribution in [2.45, 2.75) is 0 Å². The first-order chi connectivity index (χ1) is 11.1. The van der Waals surface area contributed by atoms with Gasteiger partial charge in [-0.05, 0) is 25.2 Å². The highest BCUT2D eigenvalue weighted by molar-refractivity contribution is 5.96. The molecule has 0 atom stereocenters. The van der Waals surface area contributed by atoms with Gasteiger partial charge in [-0.1, -0.05) is 0 Å². The molecule has 1 aromatic heterocycles. The van der Waals surface area contributed by atoms with E-state index in [1.807, 2.05) is 12.1 Å². The fourth-order valence-corrected chi connectivity index (χ4v) is 2.50. The van der Waals surface area contributed by atoms with Crippen molar-refractivity contribution in [3.05, 3.63) is 40.2 Å². The number of hydrazine groups is 1. The minimum absolute atomic E-state index is 0.00148. The van der Waals surface area contributed by atoms with Gasteiger partial charge in [0.2, 0.25) is 0 Å². The molecule has 0 aliphatic carbocycles. The van der Waals surface area contributed by atoms with E-state index in [4.69, 9.17) is 9.15 Å². The Morgan fingerprint density at radius 1 is 1.22 bits per heavy atom. The van der Waals surface area contributed by atoms with E-state index in [1.165, 1.54) is 7.11 Å². The summed E-state index contributed by atoms with van der Waals surface area (Å²) < 4.78 is 10.3. The van der Waals surface area contributed by atoms with E-state index in [0.717, 1.165) is 26.2 Å². The molecule has 1 saturated heterocycles. The Kier molecular flexibility index (Phi) is 4.31. The number of hydrogen-bond donors (Lipinski definition) is 1. The summed E-state index contributed by atoms with van der Waals surface area (Å²) >= 11 is 0. The zero-order valence-electron chi connectivity index (χ0n) is 13.2. The van der Waals surface area contributed by atoms with Gasteiger partial charge in [0.05, 0.1) is 7.11 Å². The molecule has 2 heterocycles. The fourth-order valence-electron chi connectivity index (χ4n) is 2.50. The van der Waals surface area contributed by atoms with E-state index in [0.29, 0.717) is 16.7 Å². The largest absolute Gasteiger partial charge is 0.497 e.